The van der Waals surface area contributed by atoms with Gasteiger partial charge in [-0.2, -0.15) is 0 Å². The number of hydrogen-bond acceptors (Lipinski definition) is 6. The zero-order chi connectivity index (χ0) is 23.4. The van der Waals surface area contributed by atoms with E-state index in [2.05, 4.69) is 15.5 Å². The Bertz CT molecular complexity index is 1400. The monoisotopic (exact) mass is 461 g/mol. The van der Waals surface area contributed by atoms with E-state index < -0.39 is 9.84 Å². The Kier molecular flexibility index (Phi) is 6.37. The molecule has 1 heterocycles. The second-order valence-corrected chi connectivity index (χ2v) is 9.51. The summed E-state index contributed by atoms with van der Waals surface area (Å²) in [6.07, 6.45) is 0. The minimum Gasteiger partial charge on any atom is -0.493 e. The van der Waals surface area contributed by atoms with Crippen molar-refractivity contribution in [2.75, 3.05) is 17.7 Å². The number of anilines is 1. The fourth-order valence-corrected chi connectivity index (χ4v) is 4.20. The first-order valence-electron chi connectivity index (χ1n) is 10.6. The van der Waals surface area contributed by atoms with Crippen molar-refractivity contribution < 1.29 is 17.9 Å². The van der Waals surface area contributed by atoms with Gasteiger partial charge in [0.1, 0.15) is 5.75 Å². The molecule has 4 aromatic rings. The van der Waals surface area contributed by atoms with Crippen molar-refractivity contribution in [3.05, 3.63) is 78.4 Å². The Labute approximate surface area is 192 Å². The third-order valence-electron chi connectivity index (χ3n) is 5.19. The molecule has 7 nitrogen and oxygen atoms in total. The van der Waals surface area contributed by atoms with Crippen LogP contribution in [0.5, 0.6) is 5.75 Å². The van der Waals surface area contributed by atoms with Crippen LogP contribution >= 0.6 is 0 Å². The number of hydrogen-bond donors (Lipinski definition) is 1. The number of aromatic nitrogens is 2. The lowest BCUT2D eigenvalue weighted by Gasteiger charge is -2.14. The summed E-state index contributed by atoms with van der Waals surface area (Å²) in [4.78, 5) is 13.2. The number of benzene rings is 3. The molecular weight excluding hydrogens is 438 g/mol. The molecule has 33 heavy (non-hydrogen) atoms. The molecule has 0 aliphatic heterocycles. The van der Waals surface area contributed by atoms with Gasteiger partial charge in [0.25, 0.3) is 5.91 Å². The van der Waals surface area contributed by atoms with E-state index in [1.165, 1.54) is 6.07 Å². The lowest BCUT2D eigenvalue weighted by Crippen LogP contribution is -2.14. The van der Waals surface area contributed by atoms with Crippen LogP contribution in [-0.4, -0.2) is 36.9 Å². The number of carbonyl (C=O) groups is 1. The normalized spacial score (nSPS) is 11.3. The van der Waals surface area contributed by atoms with Crippen LogP contribution in [0.3, 0.4) is 0 Å². The highest BCUT2D eigenvalue weighted by Crippen LogP contribution is 2.29. The number of sulfone groups is 1. The number of rotatable bonds is 7. The van der Waals surface area contributed by atoms with Gasteiger partial charge >= 0.3 is 0 Å². The minimum absolute atomic E-state index is 0.0306. The van der Waals surface area contributed by atoms with Gasteiger partial charge in [-0.3, -0.25) is 4.79 Å². The maximum absolute atomic E-state index is 13.2. The molecule has 1 N–H and O–H groups in total. The van der Waals surface area contributed by atoms with Crippen LogP contribution in [0.25, 0.3) is 22.0 Å². The molecule has 0 aliphatic rings. The standard InChI is InChI=1S/C25H23N3O4S/c1-3-32-22-15-11-17-7-5-6-8-20(17)24(22)25(29)26-19-12-9-18(10-13-19)21-14-16-23(28-27-21)33(30,31)4-2/h5-16H,3-4H2,1-2H3,(H,26,29). The average Bonchev–Trinajstić information content (AvgIpc) is 2.84. The molecule has 0 fully saturated rings. The van der Waals surface area contributed by atoms with E-state index in [4.69, 9.17) is 4.74 Å². The van der Waals surface area contributed by atoms with E-state index in [0.717, 1.165) is 16.3 Å². The second kappa shape index (κ2) is 9.38. The summed E-state index contributed by atoms with van der Waals surface area (Å²) < 4.78 is 29.5. The molecule has 0 bridgehead atoms. The fraction of sp³-hybridized carbons (Fsp3) is 0.160. The van der Waals surface area contributed by atoms with Gasteiger partial charge in [0, 0.05) is 11.3 Å². The van der Waals surface area contributed by atoms with Gasteiger partial charge in [0.15, 0.2) is 14.9 Å². The number of nitrogens with zero attached hydrogens (tertiary/aromatic N) is 2. The Morgan fingerprint density at radius 1 is 0.909 bits per heavy atom. The average molecular weight is 462 g/mol. The molecule has 1 amide bonds. The van der Waals surface area contributed by atoms with Crippen LogP contribution in [0.2, 0.25) is 0 Å². The van der Waals surface area contributed by atoms with Gasteiger partial charge in [-0.1, -0.05) is 49.4 Å². The van der Waals surface area contributed by atoms with Crippen molar-refractivity contribution in [3.63, 3.8) is 0 Å². The Hall–Kier alpha value is -3.78. The van der Waals surface area contributed by atoms with Gasteiger partial charge in [-0.05, 0) is 48.0 Å². The molecule has 0 spiro atoms. The van der Waals surface area contributed by atoms with Crippen molar-refractivity contribution in [2.24, 2.45) is 0 Å². The number of amides is 1. The van der Waals surface area contributed by atoms with Crippen LogP contribution in [0.1, 0.15) is 24.2 Å². The topological polar surface area (TPSA) is 98.2 Å². The van der Waals surface area contributed by atoms with E-state index in [0.29, 0.717) is 29.3 Å². The Balaban J connectivity index is 1.58. The lowest BCUT2D eigenvalue weighted by molar-refractivity contribution is 0.102. The highest BCUT2D eigenvalue weighted by Gasteiger charge is 2.17. The summed E-state index contributed by atoms with van der Waals surface area (Å²) in [5, 5.41) is 12.5. The summed E-state index contributed by atoms with van der Waals surface area (Å²) in [6, 6.07) is 21.6. The van der Waals surface area contributed by atoms with Crippen molar-refractivity contribution in [1.29, 1.82) is 0 Å². The van der Waals surface area contributed by atoms with Crippen molar-refractivity contribution in [1.82, 2.24) is 10.2 Å². The molecule has 1 aromatic heterocycles. The predicted octanol–water partition coefficient (Wildman–Crippen LogP) is 4.74. The number of ether oxygens (including phenoxy) is 1. The van der Waals surface area contributed by atoms with Gasteiger partial charge in [-0.15, -0.1) is 10.2 Å². The van der Waals surface area contributed by atoms with Crippen molar-refractivity contribution in [2.45, 2.75) is 18.9 Å². The molecule has 0 radical (unpaired) electrons. The number of fused-ring (bicyclic) bond motifs is 1. The molecular formula is C25H23N3O4S. The second-order valence-electron chi connectivity index (χ2n) is 7.28. The number of nitrogens with one attached hydrogen (secondary N) is 1. The molecule has 3 aromatic carbocycles. The summed E-state index contributed by atoms with van der Waals surface area (Å²) in [7, 11) is -3.40. The highest BCUT2D eigenvalue weighted by molar-refractivity contribution is 7.91. The zero-order valence-corrected chi connectivity index (χ0v) is 19.1. The third kappa shape index (κ3) is 4.70. The smallest absolute Gasteiger partial charge is 0.260 e. The largest absolute Gasteiger partial charge is 0.493 e. The van der Waals surface area contributed by atoms with E-state index in [1.807, 2.05) is 43.3 Å². The Morgan fingerprint density at radius 3 is 2.33 bits per heavy atom. The fourth-order valence-electron chi connectivity index (χ4n) is 3.47. The molecule has 0 saturated carbocycles. The molecule has 4 rings (SSSR count). The van der Waals surface area contributed by atoms with Crippen LogP contribution in [0.15, 0.2) is 77.8 Å². The van der Waals surface area contributed by atoms with Gasteiger partial charge in [0.2, 0.25) is 0 Å². The zero-order valence-electron chi connectivity index (χ0n) is 18.3. The number of carbonyl (C=O) groups excluding carboxylic acids is 1. The lowest BCUT2D eigenvalue weighted by atomic mass is 10.0. The van der Waals surface area contributed by atoms with E-state index in [-0.39, 0.29) is 16.7 Å². The quantitative estimate of drug-likeness (QED) is 0.427. The van der Waals surface area contributed by atoms with Gasteiger partial charge in [-0.25, -0.2) is 8.42 Å². The third-order valence-corrected chi connectivity index (χ3v) is 6.81. The van der Waals surface area contributed by atoms with Gasteiger partial charge < -0.3 is 10.1 Å². The van der Waals surface area contributed by atoms with Crippen molar-refractivity contribution >= 4 is 32.2 Å². The summed E-state index contributed by atoms with van der Waals surface area (Å²) >= 11 is 0. The maximum atomic E-state index is 13.2. The first kappa shape index (κ1) is 22.4. The molecule has 168 valence electrons. The molecule has 0 atom stereocenters. The molecule has 8 heteroatoms. The van der Waals surface area contributed by atoms with Crippen molar-refractivity contribution in [3.8, 4) is 17.0 Å². The van der Waals surface area contributed by atoms with Gasteiger partial charge in [0.05, 0.1) is 23.6 Å². The van der Waals surface area contributed by atoms with Crippen LogP contribution in [0.4, 0.5) is 5.69 Å². The van der Waals surface area contributed by atoms with Crippen LogP contribution in [0, 0.1) is 0 Å². The molecule has 0 aliphatic carbocycles. The summed E-state index contributed by atoms with van der Waals surface area (Å²) in [5.74, 6) is 0.233. The first-order chi connectivity index (χ1) is 15.9. The molecule has 0 saturated heterocycles. The minimum atomic E-state index is -3.40. The first-order valence-corrected chi connectivity index (χ1v) is 12.2. The van der Waals surface area contributed by atoms with E-state index in [9.17, 15) is 13.2 Å². The summed E-state index contributed by atoms with van der Waals surface area (Å²) in [6.45, 7) is 3.89. The van der Waals surface area contributed by atoms with E-state index in [1.54, 1.807) is 37.3 Å². The van der Waals surface area contributed by atoms with E-state index >= 15 is 0 Å². The molecule has 0 unspecified atom stereocenters. The van der Waals surface area contributed by atoms with Crippen LogP contribution in [-0.2, 0) is 9.84 Å². The highest BCUT2D eigenvalue weighted by atomic mass is 32.2. The SMILES string of the molecule is CCOc1ccc2ccccc2c1C(=O)Nc1ccc(-c2ccc(S(=O)(=O)CC)nn2)cc1. The van der Waals surface area contributed by atoms with Crippen LogP contribution < -0.4 is 10.1 Å². The Morgan fingerprint density at radius 2 is 1.67 bits per heavy atom. The predicted molar refractivity (Wildman–Crippen MR) is 128 cm³/mol. The maximum Gasteiger partial charge on any atom is 0.260 e. The summed E-state index contributed by atoms with van der Waals surface area (Å²) in [5.41, 5.74) is 2.38.